The summed E-state index contributed by atoms with van der Waals surface area (Å²) in [5.74, 6) is 0.757. The van der Waals surface area contributed by atoms with Crippen LogP contribution in [0.4, 0.5) is 0 Å². The summed E-state index contributed by atoms with van der Waals surface area (Å²) in [4.78, 5) is 18.3. The predicted octanol–water partition coefficient (Wildman–Crippen LogP) is 1.80. The lowest BCUT2D eigenvalue weighted by Crippen LogP contribution is -2.57. The molecule has 1 aromatic carbocycles. The summed E-state index contributed by atoms with van der Waals surface area (Å²) >= 11 is 0. The molecule has 0 atom stereocenters. The van der Waals surface area contributed by atoms with Crippen LogP contribution in [0.15, 0.2) is 29.3 Å². The van der Waals surface area contributed by atoms with Crippen LogP contribution >= 0.6 is 0 Å². The van der Waals surface area contributed by atoms with E-state index < -0.39 is 14.6 Å². The first-order chi connectivity index (χ1) is 13.2. The van der Waals surface area contributed by atoms with E-state index in [1.54, 1.807) is 20.9 Å². The molecule has 2 N–H and O–H groups in total. The molecule has 0 spiro atoms. The molecule has 0 bridgehead atoms. The number of carbonyl (C=O) groups excluding carboxylic acids is 1. The Morgan fingerprint density at radius 2 is 1.89 bits per heavy atom. The van der Waals surface area contributed by atoms with E-state index in [4.69, 9.17) is 0 Å². The number of sulfone groups is 1. The Morgan fingerprint density at radius 3 is 2.46 bits per heavy atom. The number of amides is 1. The minimum atomic E-state index is -3.09. The third-order valence-corrected chi connectivity index (χ3v) is 7.57. The zero-order valence-corrected chi connectivity index (χ0v) is 18.1. The Labute approximate surface area is 168 Å². The molecular weight excluding hydrogens is 376 g/mol. The topological polar surface area (TPSA) is 90.9 Å². The quantitative estimate of drug-likeness (QED) is 0.426. The summed E-state index contributed by atoms with van der Waals surface area (Å²) in [7, 11) is -1.39. The molecule has 0 radical (unpaired) electrons. The monoisotopic (exact) mass is 408 g/mol. The fourth-order valence-electron chi connectivity index (χ4n) is 3.09. The number of aliphatic imine (C=N–C) groups is 1. The number of rotatable bonds is 6. The number of guanidine groups is 1. The van der Waals surface area contributed by atoms with Gasteiger partial charge in [0.2, 0.25) is 0 Å². The Morgan fingerprint density at radius 1 is 1.21 bits per heavy atom. The van der Waals surface area contributed by atoms with Gasteiger partial charge in [0, 0.05) is 38.8 Å². The van der Waals surface area contributed by atoms with Crippen molar-refractivity contribution >= 4 is 21.7 Å². The molecule has 1 aliphatic heterocycles. The number of nitrogens with one attached hydrogen (secondary N) is 2. The van der Waals surface area contributed by atoms with E-state index in [0.29, 0.717) is 37.7 Å². The molecule has 1 fully saturated rings. The number of carbonyl (C=O) groups is 1. The first kappa shape index (κ1) is 22.2. The van der Waals surface area contributed by atoms with Crippen molar-refractivity contribution in [3.8, 4) is 0 Å². The van der Waals surface area contributed by atoms with Crippen LogP contribution in [0.25, 0.3) is 0 Å². The lowest BCUT2D eigenvalue weighted by atomic mass is 10.1. The normalized spacial score (nSPS) is 18.6. The van der Waals surface area contributed by atoms with Crippen LogP contribution in [-0.4, -0.2) is 62.4 Å². The highest BCUT2D eigenvalue weighted by atomic mass is 32.2. The highest BCUT2D eigenvalue weighted by molar-refractivity contribution is 7.92. The van der Waals surface area contributed by atoms with Crippen molar-refractivity contribution in [3.05, 3.63) is 35.4 Å². The smallest absolute Gasteiger partial charge is 0.251 e. The van der Waals surface area contributed by atoms with Crippen molar-refractivity contribution in [2.45, 2.75) is 44.9 Å². The van der Waals surface area contributed by atoms with Gasteiger partial charge in [0.05, 0.1) is 10.5 Å². The average molecular weight is 409 g/mol. The standard InChI is InChI=1S/C20H32N4O3S/c1-5-6-11-22-18(25)17-9-7-16(8-10-17)14-23-19(21-4)24-12-13-28(26,27)20(2,3)15-24/h7-10H,5-6,11-15H2,1-4H3,(H,21,23)(H,22,25). The Balaban J connectivity index is 1.93. The number of nitrogens with zero attached hydrogens (tertiary/aromatic N) is 2. The van der Waals surface area contributed by atoms with E-state index in [1.807, 2.05) is 29.2 Å². The van der Waals surface area contributed by atoms with Gasteiger partial charge in [0.25, 0.3) is 5.91 Å². The summed E-state index contributed by atoms with van der Waals surface area (Å²) < 4.78 is 23.6. The highest BCUT2D eigenvalue weighted by Gasteiger charge is 2.40. The average Bonchev–Trinajstić information content (AvgIpc) is 2.65. The maximum Gasteiger partial charge on any atom is 0.251 e. The van der Waals surface area contributed by atoms with E-state index in [9.17, 15) is 13.2 Å². The molecule has 7 nitrogen and oxygen atoms in total. The van der Waals surface area contributed by atoms with Crippen LogP contribution in [-0.2, 0) is 16.4 Å². The number of unbranched alkanes of at least 4 members (excludes halogenated alkanes) is 1. The first-order valence-electron chi connectivity index (χ1n) is 9.75. The molecule has 2 rings (SSSR count). The van der Waals surface area contributed by atoms with Crippen LogP contribution in [0.3, 0.4) is 0 Å². The molecule has 1 amide bonds. The van der Waals surface area contributed by atoms with Gasteiger partial charge < -0.3 is 15.5 Å². The molecule has 28 heavy (non-hydrogen) atoms. The van der Waals surface area contributed by atoms with E-state index in [-0.39, 0.29) is 11.7 Å². The van der Waals surface area contributed by atoms with Gasteiger partial charge in [-0.3, -0.25) is 9.79 Å². The van der Waals surface area contributed by atoms with Crippen molar-refractivity contribution < 1.29 is 13.2 Å². The van der Waals surface area contributed by atoms with Crippen molar-refractivity contribution in [1.82, 2.24) is 15.5 Å². The second kappa shape index (κ2) is 9.41. The molecule has 8 heteroatoms. The molecule has 156 valence electrons. The van der Waals surface area contributed by atoms with Crippen LogP contribution in [0, 0.1) is 0 Å². The van der Waals surface area contributed by atoms with E-state index in [0.717, 1.165) is 18.4 Å². The lowest BCUT2D eigenvalue weighted by Gasteiger charge is -2.39. The third-order valence-electron chi connectivity index (χ3n) is 5.04. The minimum Gasteiger partial charge on any atom is -0.352 e. The maximum atomic E-state index is 12.2. The van der Waals surface area contributed by atoms with Crippen molar-refractivity contribution in [2.75, 3.05) is 32.4 Å². The van der Waals surface area contributed by atoms with Crippen LogP contribution < -0.4 is 10.6 Å². The van der Waals surface area contributed by atoms with Crippen LogP contribution in [0.1, 0.15) is 49.5 Å². The van der Waals surface area contributed by atoms with Gasteiger partial charge in [0.1, 0.15) is 0 Å². The number of hydrogen-bond acceptors (Lipinski definition) is 4. The van der Waals surface area contributed by atoms with Crippen LogP contribution in [0.5, 0.6) is 0 Å². The summed E-state index contributed by atoms with van der Waals surface area (Å²) in [5, 5.41) is 6.20. The largest absolute Gasteiger partial charge is 0.352 e. The van der Waals surface area contributed by atoms with Crippen molar-refractivity contribution in [2.24, 2.45) is 4.99 Å². The van der Waals surface area contributed by atoms with Crippen molar-refractivity contribution in [1.29, 1.82) is 0 Å². The third kappa shape index (κ3) is 5.47. The van der Waals surface area contributed by atoms with Gasteiger partial charge in [-0.1, -0.05) is 25.5 Å². The predicted molar refractivity (Wildman–Crippen MR) is 113 cm³/mol. The van der Waals surface area contributed by atoms with Gasteiger partial charge in [-0.15, -0.1) is 0 Å². The summed E-state index contributed by atoms with van der Waals surface area (Å²) in [6.45, 7) is 7.68. The van der Waals surface area contributed by atoms with Crippen molar-refractivity contribution in [3.63, 3.8) is 0 Å². The highest BCUT2D eigenvalue weighted by Crippen LogP contribution is 2.23. The molecular formula is C20H32N4O3S. The Bertz CT molecular complexity index is 801. The second-order valence-electron chi connectivity index (χ2n) is 7.71. The van der Waals surface area contributed by atoms with Gasteiger partial charge in [0.15, 0.2) is 15.8 Å². The zero-order chi connectivity index (χ0) is 20.8. The number of hydrogen-bond donors (Lipinski definition) is 2. The fourth-order valence-corrected chi connectivity index (χ4v) is 4.46. The minimum absolute atomic E-state index is 0.0551. The SMILES string of the molecule is CCCCNC(=O)c1ccc(CNC(=NC)N2CCS(=O)(=O)C(C)(C)C2)cc1. The molecule has 1 saturated heterocycles. The molecule has 1 aliphatic rings. The fraction of sp³-hybridized carbons (Fsp3) is 0.600. The summed E-state index contributed by atoms with van der Waals surface area (Å²) in [5.41, 5.74) is 1.67. The lowest BCUT2D eigenvalue weighted by molar-refractivity contribution is 0.0953. The van der Waals surface area contributed by atoms with Gasteiger partial charge in [-0.05, 0) is 38.0 Å². The number of benzene rings is 1. The van der Waals surface area contributed by atoms with E-state index in [2.05, 4.69) is 22.5 Å². The summed E-state index contributed by atoms with van der Waals surface area (Å²) in [6, 6.07) is 7.47. The Hall–Kier alpha value is -2.09. The maximum absolute atomic E-state index is 12.2. The second-order valence-corrected chi connectivity index (χ2v) is 10.5. The van der Waals surface area contributed by atoms with Gasteiger partial charge in [-0.2, -0.15) is 0 Å². The molecule has 0 aliphatic carbocycles. The zero-order valence-electron chi connectivity index (χ0n) is 17.3. The first-order valence-corrected chi connectivity index (χ1v) is 11.4. The molecule has 0 aromatic heterocycles. The van der Waals surface area contributed by atoms with E-state index >= 15 is 0 Å². The van der Waals surface area contributed by atoms with E-state index in [1.165, 1.54) is 0 Å². The van der Waals surface area contributed by atoms with Gasteiger partial charge in [-0.25, -0.2) is 8.42 Å². The summed E-state index contributed by atoms with van der Waals surface area (Å²) in [6.07, 6.45) is 2.02. The Kier molecular flexibility index (Phi) is 7.46. The molecule has 0 saturated carbocycles. The molecule has 1 heterocycles. The van der Waals surface area contributed by atoms with Gasteiger partial charge >= 0.3 is 0 Å². The molecule has 0 unspecified atom stereocenters. The molecule has 1 aromatic rings. The van der Waals surface area contributed by atoms with Crippen LogP contribution in [0.2, 0.25) is 0 Å².